The Kier molecular flexibility index (Phi) is 7.59. The molecule has 1 aliphatic rings. The second-order valence-electron chi connectivity index (χ2n) is 7.76. The first-order valence-electron chi connectivity index (χ1n) is 10.6. The molecule has 4 rings (SSSR count). The standard InChI is InChI=1S/C23H25F3N4S2/c1-2-17-6-4-9-30(17)14-15-5-3-7-19(24)18(15)13-27-16-11-20(25)23(21(26)12-16)32-29-22-8-10-31-28-22/h3,5,7-8,10-12,17,27H,2,4,6,9,13-14H2,1H3,(H,28,29). The van der Waals surface area contributed by atoms with Crippen molar-refractivity contribution >= 4 is 35.0 Å². The van der Waals surface area contributed by atoms with Crippen molar-refractivity contribution in [3.8, 4) is 0 Å². The lowest BCUT2D eigenvalue weighted by Crippen LogP contribution is -2.29. The van der Waals surface area contributed by atoms with E-state index < -0.39 is 11.6 Å². The molecule has 9 heteroatoms. The number of benzene rings is 2. The van der Waals surface area contributed by atoms with Crippen LogP contribution < -0.4 is 10.0 Å². The third-order valence-corrected chi connectivity index (χ3v) is 7.19. The van der Waals surface area contributed by atoms with E-state index in [0.717, 1.165) is 36.9 Å². The van der Waals surface area contributed by atoms with E-state index in [1.54, 1.807) is 17.5 Å². The molecule has 2 N–H and O–H groups in total. The number of anilines is 2. The summed E-state index contributed by atoms with van der Waals surface area (Å²) < 4.78 is 50.6. The highest BCUT2D eigenvalue weighted by Crippen LogP contribution is 2.30. The molecule has 0 bridgehead atoms. The summed E-state index contributed by atoms with van der Waals surface area (Å²) in [6, 6.07) is 9.75. The van der Waals surface area contributed by atoms with Gasteiger partial charge in [0.2, 0.25) is 0 Å². The molecule has 1 unspecified atom stereocenters. The van der Waals surface area contributed by atoms with Gasteiger partial charge in [0.05, 0.1) is 0 Å². The largest absolute Gasteiger partial charge is 0.381 e. The monoisotopic (exact) mass is 478 g/mol. The molecule has 0 spiro atoms. The van der Waals surface area contributed by atoms with Gasteiger partial charge < -0.3 is 10.0 Å². The van der Waals surface area contributed by atoms with Gasteiger partial charge in [-0.1, -0.05) is 19.1 Å². The van der Waals surface area contributed by atoms with Crippen molar-refractivity contribution in [1.29, 1.82) is 0 Å². The lowest BCUT2D eigenvalue weighted by molar-refractivity contribution is 0.239. The van der Waals surface area contributed by atoms with Crippen molar-refractivity contribution in [3.05, 3.63) is 70.4 Å². The Morgan fingerprint density at radius 3 is 2.69 bits per heavy atom. The van der Waals surface area contributed by atoms with Crippen molar-refractivity contribution < 1.29 is 13.2 Å². The van der Waals surface area contributed by atoms with Gasteiger partial charge in [0.25, 0.3) is 0 Å². The topological polar surface area (TPSA) is 40.2 Å². The first kappa shape index (κ1) is 22.9. The van der Waals surface area contributed by atoms with Gasteiger partial charge in [-0.05, 0) is 79.1 Å². The van der Waals surface area contributed by atoms with Gasteiger partial charge in [0.15, 0.2) is 0 Å². The Bertz CT molecular complexity index is 1020. The second kappa shape index (κ2) is 10.6. The molecule has 0 aliphatic carbocycles. The smallest absolute Gasteiger partial charge is 0.149 e. The van der Waals surface area contributed by atoms with Gasteiger partial charge in [0, 0.05) is 35.8 Å². The lowest BCUT2D eigenvalue weighted by Gasteiger charge is -2.25. The summed E-state index contributed by atoms with van der Waals surface area (Å²) in [6.45, 7) is 4.00. The molecule has 170 valence electrons. The lowest BCUT2D eigenvalue weighted by atomic mass is 10.0. The van der Waals surface area contributed by atoms with Crippen molar-refractivity contribution in [2.45, 2.75) is 50.2 Å². The molecule has 0 saturated carbocycles. The maximum atomic E-state index is 14.6. The fraction of sp³-hybridized carbons (Fsp3) is 0.348. The van der Waals surface area contributed by atoms with Crippen LogP contribution in [-0.4, -0.2) is 21.9 Å². The molecule has 1 aromatic heterocycles. The molecule has 0 amide bonds. The Morgan fingerprint density at radius 2 is 1.97 bits per heavy atom. The van der Waals surface area contributed by atoms with Crippen LogP contribution in [0, 0.1) is 17.5 Å². The SMILES string of the molecule is CCC1CCCN1Cc1cccc(F)c1CNc1cc(F)c(SNc2ccsn2)c(F)c1. The van der Waals surface area contributed by atoms with Crippen molar-refractivity contribution in [1.82, 2.24) is 9.27 Å². The molecule has 4 nitrogen and oxygen atoms in total. The summed E-state index contributed by atoms with van der Waals surface area (Å²) in [5.41, 5.74) is 1.69. The van der Waals surface area contributed by atoms with Crippen molar-refractivity contribution in [2.24, 2.45) is 0 Å². The van der Waals surface area contributed by atoms with E-state index in [-0.39, 0.29) is 22.9 Å². The molecule has 2 heterocycles. The van der Waals surface area contributed by atoms with Crippen molar-refractivity contribution in [3.63, 3.8) is 0 Å². The number of halogens is 3. The maximum absolute atomic E-state index is 14.6. The highest BCUT2D eigenvalue weighted by atomic mass is 32.2. The van der Waals surface area contributed by atoms with Crippen LogP contribution in [0.15, 0.2) is 46.7 Å². The number of nitrogens with zero attached hydrogens (tertiary/aromatic N) is 2. The van der Waals surface area contributed by atoms with E-state index in [1.165, 1.54) is 36.2 Å². The molecule has 32 heavy (non-hydrogen) atoms. The van der Waals surface area contributed by atoms with Crippen LogP contribution in [0.4, 0.5) is 24.7 Å². The molecule has 1 fully saturated rings. The molecule has 3 aromatic rings. The average molecular weight is 479 g/mol. The highest BCUT2D eigenvalue weighted by molar-refractivity contribution is 8.00. The molecule has 1 saturated heterocycles. The normalized spacial score (nSPS) is 16.4. The van der Waals surface area contributed by atoms with E-state index in [2.05, 4.69) is 26.2 Å². The summed E-state index contributed by atoms with van der Waals surface area (Å²) in [6.07, 6.45) is 3.39. The van der Waals surface area contributed by atoms with Crippen LogP contribution >= 0.6 is 23.5 Å². The predicted octanol–water partition coefficient (Wildman–Crippen LogP) is 6.67. The molecule has 1 aliphatic heterocycles. The molecule has 2 aromatic carbocycles. The summed E-state index contributed by atoms with van der Waals surface area (Å²) in [7, 11) is 0. The van der Waals surface area contributed by atoms with Crippen LogP contribution in [0.2, 0.25) is 0 Å². The van der Waals surface area contributed by atoms with E-state index in [4.69, 9.17) is 0 Å². The maximum Gasteiger partial charge on any atom is 0.149 e. The first-order valence-corrected chi connectivity index (χ1v) is 12.3. The quantitative estimate of drug-likeness (QED) is 0.336. The fourth-order valence-corrected chi connectivity index (χ4v) is 5.21. The second-order valence-corrected chi connectivity index (χ2v) is 9.25. The number of nitrogens with one attached hydrogen (secondary N) is 2. The number of hydrogen-bond acceptors (Lipinski definition) is 6. The minimum Gasteiger partial charge on any atom is -0.381 e. The zero-order valence-corrected chi connectivity index (χ0v) is 19.3. The highest BCUT2D eigenvalue weighted by Gasteiger charge is 2.24. The summed E-state index contributed by atoms with van der Waals surface area (Å²) in [5.74, 6) is -1.17. The van der Waals surface area contributed by atoms with Gasteiger partial charge in [-0.3, -0.25) is 4.90 Å². The van der Waals surface area contributed by atoms with E-state index in [0.29, 0.717) is 24.0 Å². The van der Waals surface area contributed by atoms with E-state index in [9.17, 15) is 13.2 Å². The van der Waals surface area contributed by atoms with Crippen LogP contribution in [-0.2, 0) is 13.1 Å². The summed E-state index contributed by atoms with van der Waals surface area (Å²) >= 11 is 2.08. The molecule has 0 radical (unpaired) electrons. The Balaban J connectivity index is 1.45. The number of aromatic nitrogens is 1. The van der Waals surface area contributed by atoms with Crippen LogP contribution in [0.1, 0.15) is 37.3 Å². The summed E-state index contributed by atoms with van der Waals surface area (Å²) in [5, 5.41) is 4.76. The summed E-state index contributed by atoms with van der Waals surface area (Å²) in [4.78, 5) is 2.24. The third-order valence-electron chi connectivity index (χ3n) is 5.72. The Morgan fingerprint density at radius 1 is 1.16 bits per heavy atom. The number of rotatable bonds is 9. The van der Waals surface area contributed by atoms with E-state index >= 15 is 0 Å². The zero-order chi connectivity index (χ0) is 22.5. The third kappa shape index (κ3) is 5.39. The number of hydrogen-bond donors (Lipinski definition) is 2. The van der Waals surface area contributed by atoms with Crippen LogP contribution in [0.3, 0.4) is 0 Å². The minimum absolute atomic E-state index is 0.144. The first-order chi connectivity index (χ1) is 15.5. The number of likely N-dealkylation sites (tertiary alicyclic amines) is 1. The van der Waals surface area contributed by atoms with Gasteiger partial charge in [-0.25, -0.2) is 13.2 Å². The van der Waals surface area contributed by atoms with Crippen LogP contribution in [0.5, 0.6) is 0 Å². The molecular formula is C23H25F3N4S2. The van der Waals surface area contributed by atoms with Gasteiger partial charge in [-0.15, -0.1) is 0 Å². The fourth-order valence-electron chi connectivity index (χ4n) is 4.05. The molecule has 1 atom stereocenters. The van der Waals surface area contributed by atoms with E-state index in [1.807, 2.05) is 6.07 Å². The van der Waals surface area contributed by atoms with Crippen molar-refractivity contribution in [2.75, 3.05) is 16.6 Å². The minimum atomic E-state index is -0.697. The van der Waals surface area contributed by atoms with Gasteiger partial charge in [0.1, 0.15) is 28.2 Å². The van der Waals surface area contributed by atoms with Gasteiger partial charge >= 0.3 is 0 Å². The van der Waals surface area contributed by atoms with Crippen LogP contribution in [0.25, 0.3) is 0 Å². The zero-order valence-electron chi connectivity index (χ0n) is 17.7. The molecular weight excluding hydrogens is 453 g/mol. The van der Waals surface area contributed by atoms with Gasteiger partial charge in [-0.2, -0.15) is 4.37 Å². The Hall–Kier alpha value is -2.23. The predicted molar refractivity (Wildman–Crippen MR) is 125 cm³/mol. The Labute approximate surface area is 194 Å². The average Bonchev–Trinajstić information content (AvgIpc) is 3.44.